The molecule has 0 unspecified atom stereocenters. The minimum atomic E-state index is -1.07. The number of aromatic nitrogens is 4. The first-order valence-corrected chi connectivity index (χ1v) is 6.67. The van der Waals surface area contributed by atoms with E-state index in [4.69, 9.17) is 0 Å². The van der Waals surface area contributed by atoms with Crippen LogP contribution in [0, 0.1) is 13.8 Å². The zero-order valence-corrected chi connectivity index (χ0v) is 12.4. The first-order chi connectivity index (χ1) is 8.71. The molecule has 0 radical (unpaired) electrons. The minimum absolute atomic E-state index is 0.0262. The van der Waals surface area contributed by atoms with Crippen molar-refractivity contribution in [1.29, 1.82) is 0 Å². The molecular formula is C12H16N4O2S. The Morgan fingerprint density at radius 1 is 1.32 bits per heavy atom. The topological polar surface area (TPSA) is 80.9 Å². The summed E-state index contributed by atoms with van der Waals surface area (Å²) < 4.78 is 1.65. The van der Waals surface area contributed by atoms with Gasteiger partial charge in [0.05, 0.1) is 21.1 Å². The summed E-state index contributed by atoms with van der Waals surface area (Å²) in [4.78, 5) is 16.5. The Bertz CT molecular complexity index is 637. The van der Waals surface area contributed by atoms with E-state index in [-0.39, 0.29) is 11.2 Å². The SMILES string of the molecule is Cc1nc(C)c(-c2c(C(=O)O)nnn2C(C)(C)C)s1. The van der Waals surface area contributed by atoms with E-state index < -0.39 is 5.97 Å². The van der Waals surface area contributed by atoms with Crippen molar-refractivity contribution in [2.75, 3.05) is 0 Å². The number of carboxylic acids is 1. The second-order valence-electron chi connectivity index (χ2n) is 5.32. The number of hydrogen-bond acceptors (Lipinski definition) is 5. The highest BCUT2D eigenvalue weighted by molar-refractivity contribution is 7.15. The second kappa shape index (κ2) is 4.41. The molecule has 2 aromatic heterocycles. The number of nitrogens with zero attached hydrogens (tertiary/aromatic N) is 4. The molecule has 2 rings (SSSR count). The van der Waals surface area contributed by atoms with Crippen molar-refractivity contribution in [2.45, 2.75) is 40.2 Å². The number of carboxylic acid groups (broad SMARTS) is 1. The second-order valence-corrected chi connectivity index (χ2v) is 6.53. The van der Waals surface area contributed by atoms with E-state index in [9.17, 15) is 9.90 Å². The van der Waals surface area contributed by atoms with Crippen LogP contribution in [0.1, 0.15) is 42.0 Å². The molecule has 0 aliphatic carbocycles. The predicted octanol–water partition coefficient (Wildman–Crippen LogP) is 2.47. The van der Waals surface area contributed by atoms with Gasteiger partial charge in [0.2, 0.25) is 0 Å². The van der Waals surface area contributed by atoms with Crippen molar-refractivity contribution >= 4 is 17.3 Å². The van der Waals surface area contributed by atoms with E-state index in [1.165, 1.54) is 11.3 Å². The lowest BCUT2D eigenvalue weighted by molar-refractivity contribution is 0.0691. The molecule has 0 saturated heterocycles. The van der Waals surface area contributed by atoms with E-state index in [0.717, 1.165) is 15.6 Å². The first kappa shape index (κ1) is 13.7. The van der Waals surface area contributed by atoms with Crippen molar-refractivity contribution in [2.24, 2.45) is 0 Å². The third-order valence-electron chi connectivity index (χ3n) is 2.63. The van der Waals surface area contributed by atoms with Crippen LogP contribution in [0.3, 0.4) is 0 Å². The van der Waals surface area contributed by atoms with Crippen LogP contribution in [-0.2, 0) is 5.54 Å². The van der Waals surface area contributed by atoms with Crippen molar-refractivity contribution < 1.29 is 9.90 Å². The maximum Gasteiger partial charge on any atom is 0.358 e. The lowest BCUT2D eigenvalue weighted by Gasteiger charge is -2.21. The summed E-state index contributed by atoms with van der Waals surface area (Å²) in [5, 5.41) is 18.0. The summed E-state index contributed by atoms with van der Waals surface area (Å²) in [7, 11) is 0. The molecule has 0 amide bonds. The maximum absolute atomic E-state index is 11.3. The van der Waals surface area contributed by atoms with E-state index in [0.29, 0.717) is 5.69 Å². The molecule has 0 bridgehead atoms. The molecule has 0 aliphatic rings. The monoisotopic (exact) mass is 280 g/mol. The fourth-order valence-corrected chi connectivity index (χ4v) is 2.80. The Morgan fingerprint density at radius 2 is 1.95 bits per heavy atom. The fraction of sp³-hybridized carbons (Fsp3) is 0.500. The largest absolute Gasteiger partial charge is 0.476 e. The van der Waals surface area contributed by atoms with Crippen molar-refractivity contribution in [3.63, 3.8) is 0 Å². The van der Waals surface area contributed by atoms with Gasteiger partial charge in [0.25, 0.3) is 0 Å². The lowest BCUT2D eigenvalue weighted by atomic mass is 10.1. The number of aryl methyl sites for hydroxylation is 2. The van der Waals surface area contributed by atoms with Crippen molar-refractivity contribution in [1.82, 2.24) is 20.0 Å². The highest BCUT2D eigenvalue weighted by atomic mass is 32.1. The van der Waals surface area contributed by atoms with E-state index >= 15 is 0 Å². The van der Waals surface area contributed by atoms with Crippen LogP contribution >= 0.6 is 11.3 Å². The van der Waals surface area contributed by atoms with Gasteiger partial charge in [-0.1, -0.05) is 5.21 Å². The van der Waals surface area contributed by atoms with Gasteiger partial charge in [0.1, 0.15) is 5.69 Å². The normalized spacial score (nSPS) is 11.8. The summed E-state index contributed by atoms with van der Waals surface area (Å²) in [6.45, 7) is 9.64. The third kappa shape index (κ3) is 2.37. The predicted molar refractivity (Wildman–Crippen MR) is 72.6 cm³/mol. The van der Waals surface area contributed by atoms with Gasteiger partial charge in [-0.3, -0.25) is 0 Å². The number of thiazole rings is 1. The molecular weight excluding hydrogens is 264 g/mol. The smallest absolute Gasteiger partial charge is 0.358 e. The van der Waals surface area contributed by atoms with Gasteiger partial charge in [-0.05, 0) is 34.6 Å². The molecule has 19 heavy (non-hydrogen) atoms. The lowest BCUT2D eigenvalue weighted by Crippen LogP contribution is -2.24. The molecule has 0 spiro atoms. The number of hydrogen-bond donors (Lipinski definition) is 1. The van der Waals surface area contributed by atoms with Gasteiger partial charge in [-0.15, -0.1) is 16.4 Å². The highest BCUT2D eigenvalue weighted by Crippen LogP contribution is 2.34. The molecule has 0 fully saturated rings. The van der Waals surface area contributed by atoms with Gasteiger partial charge in [0.15, 0.2) is 5.69 Å². The zero-order chi connectivity index (χ0) is 14.4. The Balaban J connectivity index is 2.76. The Hall–Kier alpha value is -1.76. The van der Waals surface area contributed by atoms with Gasteiger partial charge >= 0.3 is 5.97 Å². The molecule has 2 heterocycles. The van der Waals surface area contributed by atoms with Crippen molar-refractivity contribution in [3.05, 3.63) is 16.4 Å². The van der Waals surface area contributed by atoms with Crippen LogP contribution in [0.15, 0.2) is 0 Å². The molecule has 6 nitrogen and oxygen atoms in total. The Kier molecular flexibility index (Phi) is 3.17. The van der Waals surface area contributed by atoms with Crippen LogP contribution < -0.4 is 0 Å². The molecule has 0 saturated carbocycles. The van der Waals surface area contributed by atoms with Gasteiger partial charge in [-0.25, -0.2) is 14.5 Å². The van der Waals surface area contributed by atoms with E-state index in [2.05, 4.69) is 15.3 Å². The Morgan fingerprint density at radius 3 is 2.37 bits per heavy atom. The molecule has 1 N–H and O–H groups in total. The third-order valence-corrected chi connectivity index (χ3v) is 3.71. The molecule has 0 aliphatic heterocycles. The maximum atomic E-state index is 11.3. The average molecular weight is 280 g/mol. The van der Waals surface area contributed by atoms with Crippen LogP contribution in [0.4, 0.5) is 0 Å². The highest BCUT2D eigenvalue weighted by Gasteiger charge is 2.29. The first-order valence-electron chi connectivity index (χ1n) is 5.85. The van der Waals surface area contributed by atoms with Gasteiger partial charge in [-0.2, -0.15) is 0 Å². The zero-order valence-electron chi connectivity index (χ0n) is 11.6. The molecule has 0 atom stereocenters. The van der Waals surface area contributed by atoms with Gasteiger partial charge < -0.3 is 5.11 Å². The van der Waals surface area contributed by atoms with E-state index in [1.54, 1.807) is 4.68 Å². The molecule has 0 aromatic carbocycles. The fourth-order valence-electron chi connectivity index (χ4n) is 1.85. The Labute approximate surface area is 115 Å². The van der Waals surface area contributed by atoms with Crippen LogP contribution in [0.5, 0.6) is 0 Å². The standard InChI is InChI=1S/C12H16N4O2S/c1-6-10(19-7(2)13-6)9-8(11(17)18)14-15-16(9)12(3,4)5/h1-5H3,(H,17,18). The number of aromatic carboxylic acids is 1. The number of rotatable bonds is 2. The minimum Gasteiger partial charge on any atom is -0.476 e. The van der Waals surface area contributed by atoms with Crippen LogP contribution in [0.25, 0.3) is 10.6 Å². The molecule has 2 aromatic rings. The van der Waals surface area contributed by atoms with Crippen molar-refractivity contribution in [3.8, 4) is 10.6 Å². The summed E-state index contributed by atoms with van der Waals surface area (Å²) in [6, 6.07) is 0. The summed E-state index contributed by atoms with van der Waals surface area (Å²) >= 11 is 1.46. The average Bonchev–Trinajstić information content (AvgIpc) is 2.80. The van der Waals surface area contributed by atoms with E-state index in [1.807, 2.05) is 34.6 Å². The van der Waals surface area contributed by atoms with Crippen LogP contribution in [0.2, 0.25) is 0 Å². The van der Waals surface area contributed by atoms with Gasteiger partial charge in [0, 0.05) is 0 Å². The number of carbonyl (C=O) groups is 1. The molecule has 7 heteroatoms. The quantitative estimate of drug-likeness (QED) is 0.914. The molecule has 102 valence electrons. The summed E-state index contributed by atoms with van der Waals surface area (Å²) in [5.41, 5.74) is 0.961. The summed E-state index contributed by atoms with van der Waals surface area (Å²) in [5.74, 6) is -1.07. The van der Waals surface area contributed by atoms with Crippen LogP contribution in [-0.4, -0.2) is 31.1 Å². The summed E-state index contributed by atoms with van der Waals surface area (Å²) in [6.07, 6.45) is 0.